The maximum atomic E-state index is 7.61. The first-order valence-electron chi connectivity index (χ1n) is 11.1. The van der Waals surface area contributed by atoms with Crippen LogP contribution < -0.4 is 7.58 Å². The van der Waals surface area contributed by atoms with Gasteiger partial charge in [0.2, 0.25) is 0 Å². The second kappa shape index (κ2) is 8.20. The van der Waals surface area contributed by atoms with Crippen LogP contribution in [-0.4, -0.2) is 20.9 Å². The molecule has 4 heteroatoms. The minimum atomic E-state index is -2.27. The smallest absolute Gasteiger partial charge is 0.616 e. The topological polar surface area (TPSA) is 31.4 Å². The molecule has 0 spiro atoms. The fourth-order valence-electron chi connectivity index (χ4n) is 3.45. The average molecular weight is 407 g/mol. The molecule has 30 heavy (non-hydrogen) atoms. The summed E-state index contributed by atoms with van der Waals surface area (Å²) in [5, 5.41) is 3.04. The molecule has 0 saturated carbocycles. The molecule has 5 rings (SSSR count). The molecule has 0 N–H and O–H groups in total. The van der Waals surface area contributed by atoms with Crippen LogP contribution in [0.5, 0.6) is 11.5 Å². The van der Waals surface area contributed by atoms with Gasteiger partial charge in [0.15, 0.2) is 0 Å². The molecule has 0 atom stereocenters. The lowest BCUT2D eigenvalue weighted by Gasteiger charge is -2.11. The lowest BCUT2D eigenvalue weighted by atomic mass is 10.0. The van der Waals surface area contributed by atoms with Crippen LogP contribution in [0.4, 0.5) is 0 Å². The van der Waals surface area contributed by atoms with E-state index in [1.807, 2.05) is 48.5 Å². The fourth-order valence-corrected chi connectivity index (χ4v) is 4.05. The van der Waals surface area contributed by atoms with Gasteiger partial charge >= 0.3 is 15.9 Å². The Morgan fingerprint density at radius 2 is 1.53 bits per heavy atom. The van der Waals surface area contributed by atoms with Crippen LogP contribution in [0.15, 0.2) is 97.1 Å². The van der Waals surface area contributed by atoms with E-state index in [1.165, 1.54) is 17.2 Å². The molecule has 0 amide bonds. The number of aromatic nitrogens is 1. The van der Waals surface area contributed by atoms with Gasteiger partial charge in [-0.3, -0.25) is 0 Å². The zero-order valence-electron chi connectivity index (χ0n) is 19.1. The Morgan fingerprint density at radius 3 is 2.43 bits per heavy atom. The van der Waals surface area contributed by atoms with Crippen molar-refractivity contribution in [1.82, 2.24) is 4.98 Å². The molecular formula is C26H19AlNO2. The number of hydrogen-bond donors (Lipinski definition) is 0. The van der Waals surface area contributed by atoms with E-state index in [0.717, 1.165) is 21.9 Å². The molecule has 0 unspecified atom stereocenters. The van der Waals surface area contributed by atoms with Crippen LogP contribution in [0.1, 0.15) is 9.81 Å². The lowest BCUT2D eigenvalue weighted by molar-refractivity contribution is 0.461. The second-order valence-corrected chi connectivity index (χ2v) is 7.61. The van der Waals surface area contributed by atoms with Crippen molar-refractivity contribution in [2.75, 3.05) is 0 Å². The molecule has 1 aromatic heterocycles. The van der Waals surface area contributed by atoms with Gasteiger partial charge in [0.1, 0.15) is 11.3 Å². The third-order valence-corrected chi connectivity index (χ3v) is 5.68. The van der Waals surface area contributed by atoms with Crippen molar-refractivity contribution in [3.63, 3.8) is 0 Å². The van der Waals surface area contributed by atoms with Gasteiger partial charge in [0.25, 0.3) is 0 Å². The molecule has 3 nitrogen and oxygen atoms in total. The molecule has 0 fully saturated rings. The average Bonchev–Trinajstić information content (AvgIpc) is 2.83. The Morgan fingerprint density at radius 1 is 0.700 bits per heavy atom. The summed E-state index contributed by atoms with van der Waals surface area (Å²) in [6.07, 6.45) is 0. The Labute approximate surface area is 186 Å². The predicted octanol–water partition coefficient (Wildman–Crippen LogP) is 6.36. The number of nitrogens with zero attached hydrogens (tertiary/aromatic N) is 1. The molecule has 0 bridgehead atoms. The minimum Gasteiger partial charge on any atom is -0.616 e. The molecule has 0 aliphatic rings. The van der Waals surface area contributed by atoms with E-state index < -0.39 is 22.7 Å². The fraction of sp³-hybridized carbons (Fsp3) is 0.0385. The van der Waals surface area contributed by atoms with Gasteiger partial charge in [-0.1, -0.05) is 66.7 Å². The van der Waals surface area contributed by atoms with Gasteiger partial charge in [0, 0.05) is 15.2 Å². The van der Waals surface area contributed by atoms with Gasteiger partial charge in [-0.25, -0.2) is 4.98 Å². The summed E-state index contributed by atoms with van der Waals surface area (Å²) in [6, 6.07) is 31.4. The van der Waals surface area contributed by atoms with Crippen molar-refractivity contribution >= 4 is 37.6 Å². The normalized spacial score (nSPS) is 12.7. The third-order valence-electron chi connectivity index (χ3n) is 4.96. The Bertz CT molecular complexity index is 1440. The zero-order valence-corrected chi connectivity index (χ0v) is 17.2. The summed E-state index contributed by atoms with van der Waals surface area (Å²) < 4.78 is 34.6. The maximum absolute atomic E-state index is 7.61. The van der Waals surface area contributed by atoms with E-state index in [2.05, 4.69) is 35.3 Å². The Balaban J connectivity index is 1.32. The van der Waals surface area contributed by atoms with Gasteiger partial charge in [-0.05, 0) is 59.1 Å². The van der Waals surface area contributed by atoms with Crippen molar-refractivity contribution in [2.45, 2.75) is 6.85 Å². The predicted molar refractivity (Wildman–Crippen MR) is 123 cm³/mol. The molecule has 5 aromatic rings. The highest BCUT2D eigenvalue weighted by atomic mass is 27.2. The van der Waals surface area contributed by atoms with E-state index in [0.29, 0.717) is 11.3 Å². The number of hydrogen-bond acceptors (Lipinski definition) is 3. The van der Waals surface area contributed by atoms with Gasteiger partial charge in [-0.15, -0.1) is 0 Å². The minimum absolute atomic E-state index is 0.0476. The Kier molecular flexibility index (Phi) is 4.24. The third kappa shape index (κ3) is 3.89. The lowest BCUT2D eigenvalue weighted by Crippen LogP contribution is -2.11. The number of pyridine rings is 1. The number of para-hydroxylation sites is 1. The summed E-state index contributed by atoms with van der Waals surface area (Å²) in [7, 11) is 0. The second-order valence-electron chi connectivity index (χ2n) is 6.95. The number of aryl methyl sites for hydroxylation is 1. The van der Waals surface area contributed by atoms with Crippen molar-refractivity contribution < 1.29 is 11.7 Å². The van der Waals surface area contributed by atoms with Crippen molar-refractivity contribution in [3.05, 3.63) is 103 Å². The molecule has 143 valence electrons. The van der Waals surface area contributed by atoms with E-state index in [-0.39, 0.29) is 5.69 Å². The van der Waals surface area contributed by atoms with Crippen LogP contribution in [-0.2, 0) is 0 Å². The van der Waals surface area contributed by atoms with Crippen LogP contribution in [0, 0.1) is 6.85 Å². The van der Waals surface area contributed by atoms with Crippen molar-refractivity contribution in [1.29, 1.82) is 0 Å². The molecule has 1 radical (unpaired) electrons. The molecule has 4 aromatic carbocycles. The summed E-state index contributed by atoms with van der Waals surface area (Å²) in [5.74, 6) is 1.24. The van der Waals surface area contributed by atoms with E-state index in [9.17, 15) is 0 Å². The summed E-state index contributed by atoms with van der Waals surface area (Å²) in [5.41, 5.74) is 2.93. The highest BCUT2D eigenvalue weighted by Gasteiger charge is 2.10. The molecule has 0 aliphatic heterocycles. The first kappa shape index (κ1) is 15.5. The summed E-state index contributed by atoms with van der Waals surface area (Å²) >= 11 is -0.858. The highest BCUT2D eigenvalue weighted by Crippen LogP contribution is 2.27. The van der Waals surface area contributed by atoms with Crippen LogP contribution >= 0.6 is 0 Å². The van der Waals surface area contributed by atoms with Gasteiger partial charge in [-0.2, -0.15) is 0 Å². The van der Waals surface area contributed by atoms with Crippen molar-refractivity contribution in [2.24, 2.45) is 0 Å². The SMILES string of the molecule is [2H]C([2H])([2H])c1ccc2cccc([O][Al][O]c3ccc4cc(-c5ccccc5)ccc4c3)c2n1. The molecule has 0 aliphatic carbocycles. The van der Waals surface area contributed by atoms with Crippen LogP contribution in [0.2, 0.25) is 0 Å². The molecule has 1 heterocycles. The van der Waals surface area contributed by atoms with E-state index in [1.54, 1.807) is 12.1 Å². The first-order valence-corrected chi connectivity index (χ1v) is 10.6. The van der Waals surface area contributed by atoms with Crippen LogP contribution in [0.3, 0.4) is 0 Å². The quantitative estimate of drug-likeness (QED) is 0.318. The molecule has 0 saturated heterocycles. The van der Waals surface area contributed by atoms with E-state index >= 15 is 0 Å². The maximum Gasteiger partial charge on any atom is 0.881 e. The number of fused-ring (bicyclic) bond motifs is 2. The number of rotatable bonds is 5. The van der Waals surface area contributed by atoms with E-state index in [4.69, 9.17) is 11.7 Å². The first-order chi connectivity index (χ1) is 16.0. The molecular weight excluding hydrogens is 385 g/mol. The summed E-state index contributed by atoms with van der Waals surface area (Å²) in [6.45, 7) is -2.27. The van der Waals surface area contributed by atoms with Gasteiger partial charge in [0.05, 0.1) is 5.75 Å². The monoisotopic (exact) mass is 407 g/mol. The Hall–Kier alpha value is -3.32. The standard InChI is InChI=1S/C16H12O.C10H9NO.Al/c17-16-9-8-14-10-13(6-7-15(14)11-16)12-4-2-1-3-5-12;1-7-5-6-8-3-2-4-9(12)10(8)11-7;/h1-11,17H;2-6,12H,1H3;/q;;+2/p-2/i;1D3;. The zero-order chi connectivity index (χ0) is 22.8. The van der Waals surface area contributed by atoms with Gasteiger partial charge < -0.3 is 7.58 Å². The van der Waals surface area contributed by atoms with Crippen LogP contribution in [0.25, 0.3) is 32.8 Å². The summed E-state index contributed by atoms with van der Waals surface area (Å²) in [4.78, 5) is 4.32. The largest absolute Gasteiger partial charge is 0.881 e. The number of benzene rings is 4. The highest BCUT2D eigenvalue weighted by molar-refractivity contribution is 6.21. The van der Waals surface area contributed by atoms with Crippen molar-refractivity contribution in [3.8, 4) is 22.6 Å².